The lowest BCUT2D eigenvalue weighted by Gasteiger charge is -1.92. The van der Waals surface area contributed by atoms with Gasteiger partial charge in [-0.2, -0.15) is 0 Å². The standard InChI is InChI=1S/C9H7ClN2O2/c1-13-8(11)9-12-6-4-5(10)2-3-7(6)14-9/h2-4,11H,1H3. The van der Waals surface area contributed by atoms with Crippen molar-refractivity contribution in [3.8, 4) is 0 Å². The average Bonchev–Trinajstić information content (AvgIpc) is 2.59. The maximum atomic E-state index is 7.35. The molecule has 0 radical (unpaired) electrons. The van der Waals surface area contributed by atoms with Crippen LogP contribution < -0.4 is 0 Å². The highest BCUT2D eigenvalue weighted by Gasteiger charge is 2.10. The Bertz CT molecular complexity index is 493. The number of fused-ring (bicyclic) bond motifs is 1. The zero-order valence-corrected chi connectivity index (χ0v) is 8.13. The topological polar surface area (TPSA) is 59.1 Å². The number of methoxy groups -OCH3 is 1. The number of rotatable bonds is 1. The number of hydrogen-bond donors (Lipinski definition) is 1. The van der Waals surface area contributed by atoms with Crippen LogP contribution in [0.1, 0.15) is 5.89 Å². The lowest BCUT2D eigenvalue weighted by Crippen LogP contribution is -2.00. The van der Waals surface area contributed by atoms with Crippen LogP contribution in [0.4, 0.5) is 0 Å². The van der Waals surface area contributed by atoms with Crippen molar-refractivity contribution in [2.24, 2.45) is 0 Å². The van der Waals surface area contributed by atoms with Gasteiger partial charge in [-0.15, -0.1) is 0 Å². The van der Waals surface area contributed by atoms with E-state index in [4.69, 9.17) is 26.2 Å². The van der Waals surface area contributed by atoms with Gasteiger partial charge in [-0.3, -0.25) is 5.41 Å². The largest absolute Gasteiger partial charge is 0.478 e. The fourth-order valence-corrected chi connectivity index (χ4v) is 1.25. The second kappa shape index (κ2) is 3.31. The minimum absolute atomic E-state index is 0.0997. The van der Waals surface area contributed by atoms with Crippen molar-refractivity contribution in [2.45, 2.75) is 0 Å². The van der Waals surface area contributed by atoms with E-state index >= 15 is 0 Å². The molecule has 0 bridgehead atoms. The fraction of sp³-hybridized carbons (Fsp3) is 0.111. The summed E-state index contributed by atoms with van der Waals surface area (Å²) in [6.45, 7) is 0. The van der Waals surface area contributed by atoms with Crippen LogP contribution in [0.2, 0.25) is 5.02 Å². The summed E-state index contributed by atoms with van der Waals surface area (Å²) in [7, 11) is 1.39. The molecule has 1 aromatic carbocycles. The Hall–Kier alpha value is -1.55. The van der Waals surface area contributed by atoms with Crippen molar-refractivity contribution in [3.05, 3.63) is 29.1 Å². The molecule has 14 heavy (non-hydrogen) atoms. The maximum Gasteiger partial charge on any atom is 0.283 e. The summed E-state index contributed by atoms with van der Waals surface area (Å²) in [5, 5.41) is 7.94. The van der Waals surface area contributed by atoms with E-state index in [0.29, 0.717) is 16.1 Å². The Labute approximate surface area is 85.0 Å². The Morgan fingerprint density at radius 3 is 3.07 bits per heavy atom. The molecule has 0 unspecified atom stereocenters. The van der Waals surface area contributed by atoms with Gasteiger partial charge in [-0.1, -0.05) is 11.6 Å². The van der Waals surface area contributed by atoms with Crippen LogP contribution in [0.25, 0.3) is 11.1 Å². The lowest BCUT2D eigenvalue weighted by atomic mass is 10.3. The third-order valence-electron chi connectivity index (χ3n) is 1.75. The summed E-state index contributed by atoms with van der Waals surface area (Å²) < 4.78 is 9.95. The normalized spacial score (nSPS) is 10.4. The molecule has 0 spiro atoms. The molecule has 5 heteroatoms. The molecule has 0 saturated heterocycles. The van der Waals surface area contributed by atoms with Crippen molar-refractivity contribution >= 4 is 28.6 Å². The van der Waals surface area contributed by atoms with E-state index in [-0.39, 0.29) is 11.8 Å². The van der Waals surface area contributed by atoms with E-state index in [9.17, 15) is 0 Å². The molecule has 0 fully saturated rings. The second-order valence-electron chi connectivity index (χ2n) is 2.66. The summed E-state index contributed by atoms with van der Waals surface area (Å²) in [6.07, 6.45) is 0. The van der Waals surface area contributed by atoms with Crippen molar-refractivity contribution in [1.29, 1.82) is 5.41 Å². The Balaban J connectivity index is 2.56. The first-order valence-corrected chi connectivity index (χ1v) is 4.27. The molecule has 1 heterocycles. The van der Waals surface area contributed by atoms with Gasteiger partial charge in [0, 0.05) is 5.02 Å². The van der Waals surface area contributed by atoms with E-state index in [1.807, 2.05) is 0 Å². The Kier molecular flexibility index (Phi) is 2.13. The van der Waals surface area contributed by atoms with Crippen molar-refractivity contribution in [1.82, 2.24) is 4.98 Å². The highest BCUT2D eigenvalue weighted by atomic mass is 35.5. The zero-order chi connectivity index (χ0) is 10.1. The molecule has 2 rings (SSSR count). The van der Waals surface area contributed by atoms with Crippen molar-refractivity contribution in [3.63, 3.8) is 0 Å². The number of nitrogens with zero attached hydrogens (tertiary/aromatic N) is 1. The lowest BCUT2D eigenvalue weighted by molar-refractivity contribution is 0.384. The molecule has 0 amide bonds. The van der Waals surface area contributed by atoms with Gasteiger partial charge >= 0.3 is 0 Å². The summed E-state index contributed by atoms with van der Waals surface area (Å²) >= 11 is 5.77. The Morgan fingerprint density at radius 1 is 1.57 bits per heavy atom. The van der Waals surface area contributed by atoms with Crippen LogP contribution in [-0.2, 0) is 4.74 Å². The van der Waals surface area contributed by atoms with Crippen LogP contribution in [0, 0.1) is 5.41 Å². The average molecular weight is 211 g/mol. The number of oxazole rings is 1. The number of ether oxygens (including phenoxy) is 1. The second-order valence-corrected chi connectivity index (χ2v) is 3.10. The first-order chi connectivity index (χ1) is 6.70. The van der Waals surface area contributed by atoms with E-state index in [0.717, 1.165) is 0 Å². The molecule has 0 aliphatic carbocycles. The van der Waals surface area contributed by atoms with E-state index in [1.165, 1.54) is 7.11 Å². The Morgan fingerprint density at radius 2 is 2.36 bits per heavy atom. The van der Waals surface area contributed by atoms with E-state index in [1.54, 1.807) is 18.2 Å². The molecule has 0 aliphatic heterocycles. The maximum absolute atomic E-state index is 7.35. The minimum Gasteiger partial charge on any atom is -0.478 e. The molecule has 72 valence electrons. The van der Waals surface area contributed by atoms with Crippen LogP contribution in [0.15, 0.2) is 22.6 Å². The van der Waals surface area contributed by atoms with Gasteiger partial charge in [0.25, 0.3) is 11.8 Å². The van der Waals surface area contributed by atoms with Gasteiger partial charge in [-0.25, -0.2) is 4.98 Å². The van der Waals surface area contributed by atoms with E-state index in [2.05, 4.69) is 4.98 Å². The van der Waals surface area contributed by atoms with Gasteiger partial charge in [0.1, 0.15) is 5.52 Å². The number of aromatic nitrogens is 1. The van der Waals surface area contributed by atoms with Crippen LogP contribution in [0.5, 0.6) is 0 Å². The molecule has 1 aromatic heterocycles. The van der Waals surface area contributed by atoms with Gasteiger partial charge in [0.05, 0.1) is 7.11 Å². The van der Waals surface area contributed by atoms with Crippen LogP contribution in [0.3, 0.4) is 0 Å². The quantitative estimate of drug-likeness (QED) is 0.581. The minimum atomic E-state index is -0.0997. The summed E-state index contributed by atoms with van der Waals surface area (Å²) in [5.74, 6) is 0.0575. The third kappa shape index (κ3) is 1.44. The zero-order valence-electron chi connectivity index (χ0n) is 7.37. The van der Waals surface area contributed by atoms with Gasteiger partial charge < -0.3 is 9.15 Å². The number of halogens is 1. The molecule has 1 N–H and O–H groups in total. The molecular formula is C9H7ClN2O2. The molecule has 4 nitrogen and oxygen atoms in total. The molecular weight excluding hydrogens is 204 g/mol. The molecule has 0 aliphatic rings. The van der Waals surface area contributed by atoms with Gasteiger partial charge in [-0.05, 0) is 18.2 Å². The number of hydrogen-bond acceptors (Lipinski definition) is 4. The molecule has 0 saturated carbocycles. The third-order valence-corrected chi connectivity index (χ3v) is 1.98. The number of benzene rings is 1. The SMILES string of the molecule is COC(=N)c1nc2cc(Cl)ccc2o1. The number of nitrogens with one attached hydrogen (secondary N) is 1. The first-order valence-electron chi connectivity index (χ1n) is 3.89. The van der Waals surface area contributed by atoms with Crippen LogP contribution in [-0.4, -0.2) is 18.0 Å². The van der Waals surface area contributed by atoms with Gasteiger partial charge in [0.15, 0.2) is 5.58 Å². The predicted octanol–water partition coefficient (Wildman–Crippen LogP) is 2.45. The van der Waals surface area contributed by atoms with Crippen molar-refractivity contribution in [2.75, 3.05) is 7.11 Å². The summed E-state index contributed by atoms with van der Waals surface area (Å²) in [4.78, 5) is 4.04. The predicted molar refractivity (Wildman–Crippen MR) is 52.9 cm³/mol. The summed E-state index contributed by atoms with van der Waals surface area (Å²) in [6, 6.07) is 5.08. The smallest absolute Gasteiger partial charge is 0.283 e. The van der Waals surface area contributed by atoms with E-state index < -0.39 is 0 Å². The monoisotopic (exact) mass is 210 g/mol. The highest BCUT2D eigenvalue weighted by molar-refractivity contribution is 6.31. The van der Waals surface area contributed by atoms with Gasteiger partial charge in [0.2, 0.25) is 0 Å². The molecule has 0 atom stereocenters. The fourth-order valence-electron chi connectivity index (χ4n) is 1.09. The van der Waals surface area contributed by atoms with Crippen molar-refractivity contribution < 1.29 is 9.15 Å². The molecule has 2 aromatic rings. The van der Waals surface area contributed by atoms with Crippen LogP contribution >= 0.6 is 11.6 Å². The first kappa shape index (κ1) is 9.02. The highest BCUT2D eigenvalue weighted by Crippen LogP contribution is 2.20. The summed E-state index contributed by atoms with van der Waals surface area (Å²) in [5.41, 5.74) is 1.21.